The van der Waals surface area contributed by atoms with Crippen molar-refractivity contribution in [1.29, 1.82) is 0 Å². The Morgan fingerprint density at radius 1 is 0.786 bits per heavy atom. The summed E-state index contributed by atoms with van der Waals surface area (Å²) in [5, 5.41) is 1.10. The van der Waals surface area contributed by atoms with Crippen LogP contribution in [0.2, 0.25) is 0 Å². The molecule has 1 aliphatic heterocycles. The highest BCUT2D eigenvalue weighted by molar-refractivity contribution is 5.91. The number of anilines is 2. The van der Waals surface area contributed by atoms with Gasteiger partial charge < -0.3 is 10.6 Å². The first-order valence-electron chi connectivity index (χ1n) is 14.7. The molecule has 4 aromatic heterocycles. The Balaban J connectivity index is 1.06. The van der Waals surface area contributed by atoms with E-state index in [1.54, 1.807) is 6.20 Å². The predicted molar refractivity (Wildman–Crippen MR) is 167 cm³/mol. The maximum atomic E-state index is 6.48. The zero-order valence-electron chi connectivity index (χ0n) is 23.3. The van der Waals surface area contributed by atoms with Crippen LogP contribution in [0.25, 0.3) is 38.9 Å². The number of nitrogens with zero attached hydrogens (tertiary/aromatic N) is 7. The largest absolute Gasteiger partial charge is 0.382 e. The van der Waals surface area contributed by atoms with Gasteiger partial charge in [0.2, 0.25) is 0 Å². The highest BCUT2D eigenvalue weighted by Crippen LogP contribution is 2.42. The molecular weight excluding hydrogens is 520 g/mol. The molecule has 2 aromatic carbocycles. The van der Waals surface area contributed by atoms with Gasteiger partial charge in [-0.05, 0) is 37.1 Å². The summed E-state index contributed by atoms with van der Waals surface area (Å²) in [5.41, 5.74) is 13.4. The Hall–Kier alpha value is -4.82. The molecule has 0 spiro atoms. The molecule has 8 rings (SSSR count). The van der Waals surface area contributed by atoms with Crippen molar-refractivity contribution in [1.82, 2.24) is 29.2 Å². The SMILES string of the molecule is Nc1nccn2c(C3CC(N4CCN(c5cccnc5)CC4)C3)nc(-c3ccc4ccc(-c5ccccc5)nc4c3)c12. The van der Waals surface area contributed by atoms with Gasteiger partial charge in [-0.3, -0.25) is 14.3 Å². The van der Waals surface area contributed by atoms with Crippen molar-refractivity contribution in [3.8, 4) is 22.5 Å². The molecule has 5 heterocycles. The van der Waals surface area contributed by atoms with Gasteiger partial charge in [0.25, 0.3) is 0 Å². The molecular formula is C34H32N8. The van der Waals surface area contributed by atoms with E-state index in [-0.39, 0.29) is 0 Å². The van der Waals surface area contributed by atoms with E-state index in [9.17, 15) is 0 Å². The third-order valence-corrected chi connectivity index (χ3v) is 8.97. The Labute approximate surface area is 244 Å². The molecule has 1 saturated heterocycles. The zero-order chi connectivity index (χ0) is 28.0. The lowest BCUT2D eigenvalue weighted by atomic mass is 9.78. The Morgan fingerprint density at radius 2 is 1.62 bits per heavy atom. The van der Waals surface area contributed by atoms with Crippen molar-refractivity contribution in [2.75, 3.05) is 36.8 Å². The summed E-state index contributed by atoms with van der Waals surface area (Å²) < 4.78 is 2.16. The molecule has 208 valence electrons. The molecule has 1 aliphatic carbocycles. The molecule has 8 heteroatoms. The van der Waals surface area contributed by atoms with Gasteiger partial charge in [0.05, 0.1) is 23.1 Å². The molecule has 2 N–H and O–H groups in total. The molecule has 42 heavy (non-hydrogen) atoms. The molecule has 0 radical (unpaired) electrons. The van der Waals surface area contributed by atoms with E-state index in [2.05, 4.69) is 72.7 Å². The number of nitrogen functional groups attached to an aromatic ring is 1. The van der Waals surface area contributed by atoms with Crippen LogP contribution in [-0.4, -0.2) is 61.5 Å². The van der Waals surface area contributed by atoms with Crippen LogP contribution in [-0.2, 0) is 0 Å². The highest BCUT2D eigenvalue weighted by Gasteiger charge is 2.38. The van der Waals surface area contributed by atoms with E-state index < -0.39 is 0 Å². The average molecular weight is 553 g/mol. The quantitative estimate of drug-likeness (QED) is 0.295. The second-order valence-electron chi connectivity index (χ2n) is 11.4. The van der Waals surface area contributed by atoms with Crippen molar-refractivity contribution >= 4 is 27.9 Å². The summed E-state index contributed by atoms with van der Waals surface area (Å²) in [6.07, 6.45) is 9.79. The van der Waals surface area contributed by atoms with Gasteiger partial charge in [-0.2, -0.15) is 0 Å². The highest BCUT2D eigenvalue weighted by atomic mass is 15.3. The number of benzene rings is 2. The van der Waals surface area contributed by atoms with E-state index in [4.69, 9.17) is 15.7 Å². The molecule has 8 nitrogen and oxygen atoms in total. The summed E-state index contributed by atoms with van der Waals surface area (Å²) in [7, 11) is 0. The number of rotatable bonds is 5. The molecule has 0 unspecified atom stereocenters. The lowest BCUT2D eigenvalue weighted by molar-refractivity contribution is 0.0994. The summed E-state index contributed by atoms with van der Waals surface area (Å²) in [6.45, 7) is 4.22. The topological polar surface area (TPSA) is 88.5 Å². The van der Waals surface area contributed by atoms with E-state index in [0.717, 1.165) is 83.8 Å². The molecule has 6 aromatic rings. The number of hydrogen-bond acceptors (Lipinski definition) is 7. The number of imidazole rings is 1. The smallest absolute Gasteiger partial charge is 0.150 e. The Kier molecular flexibility index (Phi) is 6.07. The molecule has 0 bridgehead atoms. The number of aromatic nitrogens is 5. The monoisotopic (exact) mass is 552 g/mol. The normalized spacial score (nSPS) is 19.3. The van der Waals surface area contributed by atoms with E-state index in [1.807, 2.05) is 42.9 Å². The van der Waals surface area contributed by atoms with Crippen LogP contribution >= 0.6 is 0 Å². The van der Waals surface area contributed by atoms with Crippen LogP contribution in [0, 0.1) is 0 Å². The fourth-order valence-corrected chi connectivity index (χ4v) is 6.59. The molecule has 2 fully saturated rings. The van der Waals surface area contributed by atoms with Crippen LogP contribution in [0.5, 0.6) is 0 Å². The standard InChI is InChI=1S/C34H32N8/c35-33-32-31(25-9-8-24-10-11-29(38-30(24)21-25)23-5-2-1-3-6-23)39-34(42(32)14-13-37-33)26-19-28(20-26)41-17-15-40(16-18-41)27-7-4-12-36-22-27/h1-14,21-22,26,28H,15-20H2,(H2,35,37). The van der Waals surface area contributed by atoms with Crippen molar-refractivity contribution < 1.29 is 0 Å². The van der Waals surface area contributed by atoms with Gasteiger partial charge in [-0.15, -0.1) is 0 Å². The fourth-order valence-electron chi connectivity index (χ4n) is 6.59. The lowest BCUT2D eigenvalue weighted by Crippen LogP contribution is -2.53. The second-order valence-corrected chi connectivity index (χ2v) is 11.4. The lowest BCUT2D eigenvalue weighted by Gasteiger charge is -2.46. The minimum Gasteiger partial charge on any atom is -0.382 e. The third kappa shape index (κ3) is 4.35. The van der Waals surface area contributed by atoms with Gasteiger partial charge >= 0.3 is 0 Å². The first kappa shape index (κ1) is 24.9. The summed E-state index contributed by atoms with van der Waals surface area (Å²) >= 11 is 0. The number of piperazine rings is 1. The van der Waals surface area contributed by atoms with Crippen LogP contribution in [0.1, 0.15) is 24.6 Å². The minimum absolute atomic E-state index is 0.387. The Bertz CT molecular complexity index is 1870. The average Bonchev–Trinajstić information content (AvgIpc) is 3.41. The first-order valence-corrected chi connectivity index (χ1v) is 14.7. The van der Waals surface area contributed by atoms with Crippen molar-refractivity contribution in [3.05, 3.63) is 103 Å². The fraction of sp³-hybridized carbons (Fsp3) is 0.235. The van der Waals surface area contributed by atoms with Crippen LogP contribution in [0.3, 0.4) is 0 Å². The van der Waals surface area contributed by atoms with Gasteiger partial charge in [0.1, 0.15) is 22.9 Å². The van der Waals surface area contributed by atoms with Crippen LogP contribution < -0.4 is 10.6 Å². The van der Waals surface area contributed by atoms with E-state index >= 15 is 0 Å². The van der Waals surface area contributed by atoms with Gasteiger partial charge in [-0.25, -0.2) is 15.0 Å². The maximum absolute atomic E-state index is 6.48. The van der Waals surface area contributed by atoms with Crippen LogP contribution in [0.4, 0.5) is 11.5 Å². The molecule has 0 atom stereocenters. The van der Waals surface area contributed by atoms with Gasteiger partial charge in [0.15, 0.2) is 0 Å². The van der Waals surface area contributed by atoms with E-state index in [1.165, 1.54) is 5.69 Å². The van der Waals surface area contributed by atoms with Crippen molar-refractivity contribution in [2.24, 2.45) is 0 Å². The van der Waals surface area contributed by atoms with Crippen molar-refractivity contribution in [2.45, 2.75) is 24.8 Å². The maximum Gasteiger partial charge on any atom is 0.150 e. The number of hydrogen-bond donors (Lipinski definition) is 1. The molecule has 0 amide bonds. The number of pyridine rings is 2. The Morgan fingerprint density at radius 3 is 2.43 bits per heavy atom. The minimum atomic E-state index is 0.387. The summed E-state index contributed by atoms with van der Waals surface area (Å²) in [6, 6.07) is 25.6. The zero-order valence-corrected chi connectivity index (χ0v) is 23.3. The number of nitrogens with two attached hydrogens (primary N) is 1. The molecule has 2 aliphatic rings. The first-order chi connectivity index (χ1) is 20.7. The summed E-state index contributed by atoms with van der Waals surface area (Å²) in [5.74, 6) is 1.96. The second kappa shape index (κ2) is 10.2. The number of fused-ring (bicyclic) bond motifs is 2. The third-order valence-electron chi connectivity index (χ3n) is 8.97. The van der Waals surface area contributed by atoms with Gasteiger partial charge in [-0.1, -0.05) is 48.5 Å². The van der Waals surface area contributed by atoms with Crippen LogP contribution in [0.15, 0.2) is 97.6 Å². The summed E-state index contributed by atoms with van der Waals surface area (Å²) in [4.78, 5) is 24.0. The van der Waals surface area contributed by atoms with Gasteiger partial charge in [0, 0.05) is 73.2 Å². The molecule has 1 saturated carbocycles. The van der Waals surface area contributed by atoms with Crippen molar-refractivity contribution in [3.63, 3.8) is 0 Å². The predicted octanol–water partition coefficient (Wildman–Crippen LogP) is 5.66. The van der Waals surface area contributed by atoms with E-state index in [0.29, 0.717) is 17.8 Å².